The summed E-state index contributed by atoms with van der Waals surface area (Å²) in [5, 5.41) is 4.80. The number of halogens is 3. The maximum atomic E-state index is 12.6. The van der Waals surface area contributed by atoms with Crippen LogP contribution in [0.1, 0.15) is 42.0 Å². The average Bonchev–Trinajstić information content (AvgIpc) is 3.13. The van der Waals surface area contributed by atoms with Crippen molar-refractivity contribution in [2.24, 2.45) is 5.92 Å². The van der Waals surface area contributed by atoms with Gasteiger partial charge in [0, 0.05) is 62.3 Å². The summed E-state index contributed by atoms with van der Waals surface area (Å²) in [6.07, 6.45) is 7.78. The molecule has 0 radical (unpaired) electrons. The Labute approximate surface area is 184 Å². The normalized spacial score (nSPS) is 27.3. The number of amides is 1. The van der Waals surface area contributed by atoms with Crippen LogP contribution in [0.4, 0.5) is 0 Å². The van der Waals surface area contributed by atoms with E-state index in [1.807, 2.05) is 6.20 Å². The second kappa shape index (κ2) is 11.2. The molecule has 3 aliphatic heterocycles. The molecule has 5 nitrogen and oxygen atoms in total. The third kappa shape index (κ3) is 6.44. The van der Waals surface area contributed by atoms with E-state index < -0.39 is 0 Å². The highest BCUT2D eigenvalue weighted by Crippen LogP contribution is 2.33. The number of thiazole rings is 1. The van der Waals surface area contributed by atoms with Crippen molar-refractivity contribution in [1.82, 2.24) is 20.1 Å². The Morgan fingerprint density at radius 2 is 1.78 bits per heavy atom. The molecule has 3 aliphatic rings. The second-order valence-electron chi connectivity index (χ2n) is 7.68. The fourth-order valence-corrected chi connectivity index (χ4v) is 5.41. The summed E-state index contributed by atoms with van der Waals surface area (Å²) in [6, 6.07) is 1.36. The molecule has 27 heavy (non-hydrogen) atoms. The molecular formula is C18H31Cl3N4OS. The van der Waals surface area contributed by atoms with E-state index >= 15 is 0 Å². The lowest BCUT2D eigenvalue weighted by atomic mass is 9.89. The number of carbonyl (C=O) groups is 1. The van der Waals surface area contributed by atoms with Gasteiger partial charge < -0.3 is 10.2 Å². The predicted octanol–water partition coefficient (Wildman–Crippen LogP) is 3.28. The second-order valence-corrected chi connectivity index (χ2v) is 9.00. The topological polar surface area (TPSA) is 48.5 Å². The van der Waals surface area contributed by atoms with E-state index in [0.717, 1.165) is 44.2 Å². The number of rotatable bonds is 4. The molecule has 4 rings (SSSR count). The Balaban J connectivity index is 0.00000121. The summed E-state index contributed by atoms with van der Waals surface area (Å²) >= 11 is 1.78. The highest BCUT2D eigenvalue weighted by atomic mass is 35.5. The molecule has 156 valence electrons. The molecule has 1 aromatic rings. The number of aromatic nitrogens is 1. The van der Waals surface area contributed by atoms with Crippen molar-refractivity contribution in [3.05, 3.63) is 16.1 Å². The van der Waals surface area contributed by atoms with Crippen LogP contribution < -0.4 is 5.32 Å². The van der Waals surface area contributed by atoms with Gasteiger partial charge in [-0.3, -0.25) is 9.69 Å². The molecule has 2 atom stereocenters. The largest absolute Gasteiger partial charge is 0.340 e. The zero-order valence-electron chi connectivity index (χ0n) is 15.8. The van der Waals surface area contributed by atoms with Crippen molar-refractivity contribution < 1.29 is 4.79 Å². The Kier molecular flexibility index (Phi) is 10.3. The van der Waals surface area contributed by atoms with Gasteiger partial charge in [0.25, 0.3) is 0 Å². The minimum absolute atomic E-state index is 0. The molecular weight excluding hydrogens is 427 g/mol. The van der Waals surface area contributed by atoms with Crippen molar-refractivity contribution in [3.63, 3.8) is 0 Å². The van der Waals surface area contributed by atoms with Gasteiger partial charge in [-0.05, 0) is 38.5 Å². The minimum Gasteiger partial charge on any atom is -0.340 e. The Bertz CT molecular complexity index is 583. The molecule has 0 aliphatic carbocycles. The number of hydrogen-bond acceptors (Lipinski definition) is 5. The summed E-state index contributed by atoms with van der Waals surface area (Å²) < 4.78 is 0. The number of aryl methyl sites for hydroxylation is 1. The van der Waals surface area contributed by atoms with Crippen LogP contribution in [0.15, 0.2) is 6.20 Å². The first-order chi connectivity index (χ1) is 11.7. The third-order valence-corrected chi connectivity index (χ3v) is 6.71. The summed E-state index contributed by atoms with van der Waals surface area (Å²) in [6.45, 7) is 6.77. The first-order valence-electron chi connectivity index (χ1n) is 9.33. The maximum absolute atomic E-state index is 12.6. The monoisotopic (exact) mass is 456 g/mol. The lowest BCUT2D eigenvalue weighted by molar-refractivity contribution is -0.134. The van der Waals surface area contributed by atoms with Gasteiger partial charge in [0.15, 0.2) is 0 Å². The first kappa shape index (κ1) is 24.9. The number of hydrogen-bond donors (Lipinski definition) is 1. The smallest absolute Gasteiger partial charge is 0.222 e. The Hall–Kier alpha value is -0.110. The number of carbonyl (C=O) groups excluding carboxylic acids is 1. The maximum Gasteiger partial charge on any atom is 0.222 e. The average molecular weight is 458 g/mol. The molecule has 3 saturated heterocycles. The molecule has 9 heteroatoms. The zero-order valence-corrected chi connectivity index (χ0v) is 19.0. The zero-order chi connectivity index (χ0) is 16.5. The number of fused-ring (bicyclic) bond motifs is 2. The van der Waals surface area contributed by atoms with E-state index in [1.165, 1.54) is 30.6 Å². The highest BCUT2D eigenvalue weighted by Gasteiger charge is 2.35. The molecule has 2 bridgehead atoms. The van der Waals surface area contributed by atoms with Gasteiger partial charge in [-0.1, -0.05) is 0 Å². The number of nitrogens with zero attached hydrogens (tertiary/aromatic N) is 3. The van der Waals surface area contributed by atoms with Crippen LogP contribution in [0.5, 0.6) is 0 Å². The molecule has 1 amide bonds. The lowest BCUT2D eigenvalue weighted by Gasteiger charge is -2.36. The van der Waals surface area contributed by atoms with E-state index in [-0.39, 0.29) is 37.2 Å². The molecule has 1 N–H and O–H groups in total. The van der Waals surface area contributed by atoms with Gasteiger partial charge in [-0.2, -0.15) is 0 Å². The Morgan fingerprint density at radius 1 is 1.15 bits per heavy atom. The van der Waals surface area contributed by atoms with Gasteiger partial charge >= 0.3 is 0 Å². The van der Waals surface area contributed by atoms with Crippen LogP contribution in [0.25, 0.3) is 0 Å². The summed E-state index contributed by atoms with van der Waals surface area (Å²) in [7, 11) is 0. The SMILES string of the molecule is Cc1ncc(CN2CCN(C(=O)CC3CC4CCC(C3)N4)CC2)s1.Cl.Cl.Cl. The van der Waals surface area contributed by atoms with Crippen LogP contribution in [0, 0.1) is 12.8 Å². The number of piperidine rings is 1. The van der Waals surface area contributed by atoms with Crippen molar-refractivity contribution in [3.8, 4) is 0 Å². The molecule has 3 fully saturated rings. The van der Waals surface area contributed by atoms with Crippen LogP contribution in [-0.2, 0) is 11.3 Å². The summed E-state index contributed by atoms with van der Waals surface area (Å²) in [5.74, 6) is 0.990. The molecule has 4 heterocycles. The van der Waals surface area contributed by atoms with Crippen molar-refractivity contribution in [2.45, 2.75) is 57.7 Å². The van der Waals surface area contributed by atoms with Crippen LogP contribution in [0.2, 0.25) is 0 Å². The van der Waals surface area contributed by atoms with E-state index in [1.54, 1.807) is 11.3 Å². The summed E-state index contributed by atoms with van der Waals surface area (Å²) in [5.41, 5.74) is 0. The lowest BCUT2D eigenvalue weighted by Crippen LogP contribution is -2.49. The molecule has 0 saturated carbocycles. The number of nitrogens with one attached hydrogen (secondary N) is 1. The predicted molar refractivity (Wildman–Crippen MR) is 118 cm³/mol. The van der Waals surface area contributed by atoms with Crippen molar-refractivity contribution in [1.29, 1.82) is 0 Å². The molecule has 2 unspecified atom stereocenters. The van der Waals surface area contributed by atoms with E-state index in [4.69, 9.17) is 0 Å². The minimum atomic E-state index is 0. The highest BCUT2D eigenvalue weighted by molar-refractivity contribution is 7.11. The standard InChI is InChI=1S/C18H28N4OS.3ClH/c1-13-19-11-17(24-13)12-21-4-6-22(7-5-21)18(23)10-14-8-15-2-3-16(9-14)20-15;;;/h11,14-16,20H,2-10,12H2,1H3;3*1H. The van der Waals surface area contributed by atoms with Crippen molar-refractivity contribution in [2.75, 3.05) is 26.2 Å². The van der Waals surface area contributed by atoms with E-state index in [2.05, 4.69) is 27.0 Å². The van der Waals surface area contributed by atoms with E-state index in [0.29, 0.717) is 23.9 Å². The van der Waals surface area contributed by atoms with E-state index in [9.17, 15) is 4.79 Å². The summed E-state index contributed by atoms with van der Waals surface area (Å²) in [4.78, 5) is 22.8. The van der Waals surface area contributed by atoms with Crippen LogP contribution >= 0.6 is 48.6 Å². The van der Waals surface area contributed by atoms with Gasteiger partial charge in [0.1, 0.15) is 0 Å². The molecule has 1 aromatic heterocycles. The third-order valence-electron chi connectivity index (χ3n) is 5.81. The van der Waals surface area contributed by atoms with Gasteiger partial charge in [-0.15, -0.1) is 48.6 Å². The van der Waals surface area contributed by atoms with Gasteiger partial charge in [0.2, 0.25) is 5.91 Å². The van der Waals surface area contributed by atoms with Crippen molar-refractivity contribution >= 4 is 54.5 Å². The molecule has 0 aromatic carbocycles. The molecule has 0 spiro atoms. The van der Waals surface area contributed by atoms with Crippen LogP contribution in [0.3, 0.4) is 0 Å². The Morgan fingerprint density at radius 3 is 2.33 bits per heavy atom. The number of piperazine rings is 1. The van der Waals surface area contributed by atoms with Gasteiger partial charge in [-0.25, -0.2) is 4.98 Å². The fourth-order valence-electron chi connectivity index (χ4n) is 4.57. The quantitative estimate of drug-likeness (QED) is 0.754. The van der Waals surface area contributed by atoms with Gasteiger partial charge in [0.05, 0.1) is 5.01 Å². The fraction of sp³-hybridized carbons (Fsp3) is 0.778. The first-order valence-corrected chi connectivity index (χ1v) is 10.1. The van der Waals surface area contributed by atoms with Crippen LogP contribution in [-0.4, -0.2) is 59.0 Å².